The molecule has 158 valence electrons. The topological polar surface area (TPSA) is 90.3 Å². The van der Waals surface area contributed by atoms with Crippen molar-refractivity contribution < 1.29 is 13.2 Å². The van der Waals surface area contributed by atoms with Gasteiger partial charge in [0.2, 0.25) is 5.91 Å². The summed E-state index contributed by atoms with van der Waals surface area (Å²) in [5.74, 6) is -0.507. The van der Waals surface area contributed by atoms with E-state index >= 15 is 0 Å². The minimum absolute atomic E-state index is 0.0723. The van der Waals surface area contributed by atoms with Crippen LogP contribution < -0.4 is 9.62 Å². The Hall–Kier alpha value is -3.34. The molecule has 0 unspecified atom stereocenters. The van der Waals surface area contributed by atoms with E-state index < -0.39 is 22.5 Å². The van der Waals surface area contributed by atoms with Crippen molar-refractivity contribution in [1.82, 2.24) is 0 Å². The van der Waals surface area contributed by atoms with Gasteiger partial charge < -0.3 is 5.32 Å². The van der Waals surface area contributed by atoms with Gasteiger partial charge in [-0.05, 0) is 54.4 Å². The summed E-state index contributed by atoms with van der Waals surface area (Å²) in [6.07, 6.45) is 0.269. The fourth-order valence-electron chi connectivity index (χ4n) is 3.01. The Kier molecular flexibility index (Phi) is 6.95. The largest absolute Gasteiger partial charge is 0.325 e. The van der Waals surface area contributed by atoms with Gasteiger partial charge in [-0.1, -0.05) is 48.0 Å². The normalized spacial score (nSPS) is 10.9. The number of nitrogens with zero attached hydrogens (tertiary/aromatic N) is 2. The lowest BCUT2D eigenvalue weighted by Crippen LogP contribution is -2.38. The molecule has 0 aliphatic rings. The summed E-state index contributed by atoms with van der Waals surface area (Å²) in [5.41, 5.74) is 2.21. The second-order valence-electron chi connectivity index (χ2n) is 6.79. The van der Waals surface area contributed by atoms with Gasteiger partial charge in [-0.2, -0.15) is 5.26 Å². The number of nitrogens with one attached hydrogen (secondary N) is 1. The highest BCUT2D eigenvalue weighted by atomic mass is 35.5. The Balaban J connectivity index is 1.92. The van der Waals surface area contributed by atoms with Crippen molar-refractivity contribution >= 4 is 38.9 Å². The maximum absolute atomic E-state index is 13.4. The van der Waals surface area contributed by atoms with Crippen molar-refractivity contribution in [1.29, 1.82) is 5.26 Å². The van der Waals surface area contributed by atoms with Crippen LogP contribution in [0.15, 0.2) is 77.7 Å². The third-order valence-corrected chi connectivity index (χ3v) is 6.83. The zero-order valence-electron chi connectivity index (χ0n) is 16.7. The van der Waals surface area contributed by atoms with E-state index in [1.54, 1.807) is 67.6 Å². The molecular weight excluding hydrogens is 434 g/mol. The van der Waals surface area contributed by atoms with Gasteiger partial charge in [0.15, 0.2) is 0 Å². The van der Waals surface area contributed by atoms with Crippen molar-refractivity contribution in [2.45, 2.75) is 18.2 Å². The summed E-state index contributed by atoms with van der Waals surface area (Å²) in [6, 6.07) is 21.7. The van der Waals surface area contributed by atoms with Crippen molar-refractivity contribution in [2.75, 3.05) is 16.2 Å². The summed E-state index contributed by atoms with van der Waals surface area (Å²) in [7, 11) is -4.02. The number of hydrogen-bond acceptors (Lipinski definition) is 4. The molecule has 1 N–H and O–H groups in total. The first-order chi connectivity index (χ1) is 14.8. The van der Waals surface area contributed by atoms with Gasteiger partial charge in [-0.25, -0.2) is 8.42 Å². The number of anilines is 2. The van der Waals surface area contributed by atoms with E-state index in [1.165, 1.54) is 12.1 Å². The Morgan fingerprint density at radius 3 is 2.35 bits per heavy atom. The van der Waals surface area contributed by atoms with Crippen molar-refractivity contribution in [3.8, 4) is 6.07 Å². The summed E-state index contributed by atoms with van der Waals surface area (Å²) in [4.78, 5) is 12.9. The number of carbonyl (C=O) groups excluding carboxylic acids is 1. The van der Waals surface area contributed by atoms with E-state index in [2.05, 4.69) is 11.4 Å². The van der Waals surface area contributed by atoms with Crippen LogP contribution >= 0.6 is 11.6 Å². The number of amides is 1. The molecule has 0 aliphatic carbocycles. The summed E-state index contributed by atoms with van der Waals surface area (Å²) in [6.45, 7) is 1.27. The number of sulfonamides is 1. The third kappa shape index (κ3) is 5.23. The first-order valence-corrected chi connectivity index (χ1v) is 11.2. The van der Waals surface area contributed by atoms with E-state index in [-0.39, 0.29) is 11.3 Å². The molecule has 0 saturated carbocycles. The Bertz CT molecular complexity index is 1220. The standard InChI is InChI=1S/C23H20ClN3O3S/c1-17-21(24)8-5-9-22(17)27(31(29,30)20-6-3-2-4-7-20)16-23(28)26-19-12-10-18(11-13-19)14-15-25/h2-13H,14,16H2,1H3,(H,26,28). The average molecular weight is 454 g/mol. The molecular formula is C23H20ClN3O3S. The van der Waals surface area contributed by atoms with Gasteiger partial charge in [-0.3, -0.25) is 9.10 Å². The smallest absolute Gasteiger partial charge is 0.264 e. The molecule has 0 aliphatic heterocycles. The molecule has 8 heteroatoms. The number of nitriles is 1. The van der Waals surface area contributed by atoms with Crippen molar-refractivity contribution in [3.05, 3.63) is 88.9 Å². The lowest BCUT2D eigenvalue weighted by Gasteiger charge is -2.26. The lowest BCUT2D eigenvalue weighted by atomic mass is 10.1. The second kappa shape index (κ2) is 9.65. The van der Waals surface area contributed by atoms with Crippen LogP contribution in [0.4, 0.5) is 11.4 Å². The molecule has 0 spiro atoms. The molecule has 0 heterocycles. The Morgan fingerprint density at radius 2 is 1.71 bits per heavy atom. The van der Waals surface area contributed by atoms with E-state index in [1.807, 2.05) is 0 Å². The van der Waals surface area contributed by atoms with E-state index in [0.29, 0.717) is 22.0 Å². The van der Waals surface area contributed by atoms with Gasteiger partial charge in [-0.15, -0.1) is 0 Å². The van der Waals surface area contributed by atoms with Crippen LogP contribution in [0.25, 0.3) is 0 Å². The maximum Gasteiger partial charge on any atom is 0.264 e. The molecule has 0 aromatic heterocycles. The molecule has 3 aromatic carbocycles. The molecule has 3 rings (SSSR count). The summed E-state index contributed by atoms with van der Waals surface area (Å²) in [5, 5.41) is 11.9. The third-order valence-electron chi connectivity index (χ3n) is 4.65. The highest BCUT2D eigenvalue weighted by molar-refractivity contribution is 7.92. The monoisotopic (exact) mass is 453 g/mol. The first-order valence-electron chi connectivity index (χ1n) is 9.41. The highest BCUT2D eigenvalue weighted by Crippen LogP contribution is 2.30. The van der Waals surface area contributed by atoms with Crippen LogP contribution in [0, 0.1) is 18.3 Å². The minimum atomic E-state index is -4.02. The zero-order valence-corrected chi connectivity index (χ0v) is 18.3. The quantitative estimate of drug-likeness (QED) is 0.568. The molecule has 0 bridgehead atoms. The summed E-state index contributed by atoms with van der Waals surface area (Å²) >= 11 is 6.22. The lowest BCUT2D eigenvalue weighted by molar-refractivity contribution is -0.114. The molecule has 0 fully saturated rings. The van der Waals surface area contributed by atoms with Crippen molar-refractivity contribution in [2.24, 2.45) is 0 Å². The molecule has 31 heavy (non-hydrogen) atoms. The molecule has 1 amide bonds. The first kappa shape index (κ1) is 22.3. The fraction of sp³-hybridized carbons (Fsp3) is 0.130. The van der Waals surface area contributed by atoms with Crippen LogP contribution in [0.3, 0.4) is 0 Å². The predicted octanol–water partition coefficient (Wildman–Crippen LogP) is 4.55. The molecule has 6 nitrogen and oxygen atoms in total. The van der Waals surface area contributed by atoms with Gasteiger partial charge in [0, 0.05) is 10.7 Å². The fourth-order valence-corrected chi connectivity index (χ4v) is 4.68. The van der Waals surface area contributed by atoms with E-state index in [9.17, 15) is 13.2 Å². The van der Waals surface area contributed by atoms with Crippen LogP contribution in [-0.2, 0) is 21.2 Å². The van der Waals surface area contributed by atoms with Crippen LogP contribution in [0.2, 0.25) is 5.02 Å². The second-order valence-corrected chi connectivity index (χ2v) is 9.06. The van der Waals surface area contributed by atoms with E-state index in [4.69, 9.17) is 16.9 Å². The Labute approximate surface area is 186 Å². The maximum atomic E-state index is 13.4. The van der Waals surface area contributed by atoms with E-state index in [0.717, 1.165) is 9.87 Å². The molecule has 0 saturated heterocycles. The molecule has 0 atom stereocenters. The number of hydrogen-bond donors (Lipinski definition) is 1. The van der Waals surface area contributed by atoms with Crippen LogP contribution in [0.1, 0.15) is 11.1 Å². The Morgan fingerprint density at radius 1 is 1.03 bits per heavy atom. The predicted molar refractivity (Wildman–Crippen MR) is 122 cm³/mol. The van der Waals surface area contributed by atoms with Gasteiger partial charge in [0.05, 0.1) is 23.1 Å². The molecule has 0 radical (unpaired) electrons. The highest BCUT2D eigenvalue weighted by Gasteiger charge is 2.28. The summed E-state index contributed by atoms with van der Waals surface area (Å²) < 4.78 is 27.8. The SMILES string of the molecule is Cc1c(Cl)cccc1N(CC(=O)Nc1ccc(CC#N)cc1)S(=O)(=O)c1ccccc1. The number of carbonyl (C=O) groups is 1. The molecule has 3 aromatic rings. The minimum Gasteiger partial charge on any atom is -0.325 e. The van der Waals surface area contributed by atoms with Crippen molar-refractivity contribution in [3.63, 3.8) is 0 Å². The van der Waals surface area contributed by atoms with Gasteiger partial charge in [0.25, 0.3) is 10.0 Å². The van der Waals surface area contributed by atoms with Gasteiger partial charge >= 0.3 is 0 Å². The van der Waals surface area contributed by atoms with Gasteiger partial charge in [0.1, 0.15) is 6.54 Å². The number of halogens is 1. The van der Waals surface area contributed by atoms with Crippen LogP contribution in [0.5, 0.6) is 0 Å². The number of benzene rings is 3. The average Bonchev–Trinajstić information content (AvgIpc) is 2.76. The number of rotatable bonds is 7. The van der Waals surface area contributed by atoms with Crippen LogP contribution in [-0.4, -0.2) is 20.9 Å². The zero-order chi connectivity index (χ0) is 22.4.